The summed E-state index contributed by atoms with van der Waals surface area (Å²) in [6.45, 7) is 14.3. The van der Waals surface area contributed by atoms with Crippen molar-refractivity contribution in [2.45, 2.75) is 58.6 Å². The van der Waals surface area contributed by atoms with E-state index in [1.54, 1.807) is 27.0 Å². The smallest absolute Gasteiger partial charge is 0.213 e. The Bertz CT molecular complexity index is 1350. The standard InChI is InChI=1S/C33H45N5O3/c1-8-24(18-36(6)21-33(4,5)40)31-34-29-13-12-26(27(16-23(2)3)19-37(7)22-39)17-28(29)32(35-31)38-14-15-41-20-30(38)25-10-9-11-25/h8,12-13,16-19,22,25,30,40H,1,9-11,14-15,20-21H2,2-7H3/b24-18+,27-19+. The average Bonchev–Trinajstić information content (AvgIpc) is 2.88. The quantitative estimate of drug-likeness (QED) is 0.297. The topological polar surface area (TPSA) is 82.0 Å². The van der Waals surface area contributed by atoms with Gasteiger partial charge in [-0.2, -0.15) is 0 Å². The van der Waals surface area contributed by atoms with Crippen molar-refractivity contribution in [1.29, 1.82) is 0 Å². The van der Waals surface area contributed by atoms with Crippen molar-refractivity contribution < 1.29 is 14.6 Å². The number of likely N-dealkylation sites (N-methyl/N-ethyl adjacent to an activating group) is 1. The van der Waals surface area contributed by atoms with E-state index in [2.05, 4.69) is 23.6 Å². The van der Waals surface area contributed by atoms with E-state index >= 15 is 0 Å². The molecule has 41 heavy (non-hydrogen) atoms. The van der Waals surface area contributed by atoms with E-state index in [0.29, 0.717) is 31.5 Å². The maximum atomic E-state index is 11.4. The number of hydrogen-bond donors (Lipinski definition) is 1. The lowest BCUT2D eigenvalue weighted by Gasteiger charge is -2.44. The molecule has 8 nitrogen and oxygen atoms in total. The first-order valence-corrected chi connectivity index (χ1v) is 14.5. The fraction of sp³-hybridized carbons (Fsp3) is 0.485. The lowest BCUT2D eigenvalue weighted by atomic mass is 9.79. The highest BCUT2D eigenvalue weighted by Crippen LogP contribution is 2.38. The molecule has 1 N–H and O–H groups in total. The van der Waals surface area contributed by atoms with Crippen molar-refractivity contribution in [1.82, 2.24) is 19.8 Å². The third-order valence-electron chi connectivity index (χ3n) is 7.57. The van der Waals surface area contributed by atoms with Crippen molar-refractivity contribution in [2.75, 3.05) is 45.3 Å². The van der Waals surface area contributed by atoms with Gasteiger partial charge >= 0.3 is 0 Å². The number of anilines is 1. The third-order valence-corrected chi connectivity index (χ3v) is 7.57. The van der Waals surface area contributed by atoms with Gasteiger partial charge in [0.2, 0.25) is 6.41 Å². The first-order valence-electron chi connectivity index (χ1n) is 14.5. The maximum Gasteiger partial charge on any atom is 0.213 e. The summed E-state index contributed by atoms with van der Waals surface area (Å²) in [5.41, 5.74) is 3.84. The van der Waals surface area contributed by atoms with E-state index in [9.17, 15) is 9.90 Å². The first kappa shape index (κ1) is 30.5. The van der Waals surface area contributed by atoms with E-state index in [1.807, 2.05) is 50.3 Å². The predicted molar refractivity (Wildman–Crippen MR) is 167 cm³/mol. The molecule has 1 amide bonds. The normalized spacial score (nSPS) is 18.6. The number of carbonyl (C=O) groups excluding carboxylic acids is 1. The lowest BCUT2D eigenvalue weighted by molar-refractivity contribution is -0.114. The Hall–Kier alpha value is -3.49. The number of allylic oxidation sites excluding steroid dienone is 5. The van der Waals surface area contributed by atoms with Crippen LogP contribution in [0.1, 0.15) is 58.3 Å². The van der Waals surface area contributed by atoms with Crippen LogP contribution in [0, 0.1) is 5.92 Å². The number of fused-ring (bicyclic) bond motifs is 1. The lowest BCUT2D eigenvalue weighted by Crippen LogP contribution is -2.51. The van der Waals surface area contributed by atoms with Gasteiger partial charge in [-0.1, -0.05) is 36.8 Å². The molecule has 220 valence electrons. The van der Waals surface area contributed by atoms with Crippen LogP contribution in [-0.4, -0.2) is 83.3 Å². The Morgan fingerprint density at radius 1 is 1.20 bits per heavy atom. The van der Waals surface area contributed by atoms with Gasteiger partial charge in [0.1, 0.15) is 5.82 Å². The van der Waals surface area contributed by atoms with Crippen molar-refractivity contribution in [3.05, 3.63) is 66.3 Å². The number of ether oxygens (including phenoxy) is 1. The number of rotatable bonds is 11. The van der Waals surface area contributed by atoms with Crippen LogP contribution in [0.3, 0.4) is 0 Å². The maximum absolute atomic E-state index is 11.4. The zero-order valence-electron chi connectivity index (χ0n) is 25.4. The zero-order valence-corrected chi connectivity index (χ0v) is 25.4. The molecule has 0 spiro atoms. The van der Waals surface area contributed by atoms with Crippen LogP contribution in [-0.2, 0) is 9.53 Å². The SMILES string of the molecule is C=C/C(=C\N(C)CC(C)(C)O)c1nc(N2CCOCC2C2CCC2)c2cc(/C(C=C(C)C)=C/N(C)C=O)ccc2n1. The molecule has 2 aliphatic rings. The van der Waals surface area contributed by atoms with Crippen LogP contribution in [0.15, 0.2) is 54.9 Å². The number of benzene rings is 1. The molecule has 1 unspecified atom stereocenters. The molecule has 1 aromatic heterocycles. The Morgan fingerprint density at radius 2 is 1.95 bits per heavy atom. The number of hydrogen-bond acceptors (Lipinski definition) is 7. The average molecular weight is 560 g/mol. The summed E-state index contributed by atoms with van der Waals surface area (Å²) in [5, 5.41) is 11.3. The van der Waals surface area contributed by atoms with Crippen molar-refractivity contribution >= 4 is 34.3 Å². The zero-order chi connectivity index (χ0) is 29.7. The Labute approximate surface area is 244 Å². The largest absolute Gasteiger partial charge is 0.389 e. The van der Waals surface area contributed by atoms with Crippen LogP contribution in [0.5, 0.6) is 0 Å². The molecule has 1 saturated carbocycles. The summed E-state index contributed by atoms with van der Waals surface area (Å²) in [4.78, 5) is 27.5. The van der Waals surface area contributed by atoms with Gasteiger partial charge in [0, 0.05) is 50.5 Å². The number of nitrogens with zero attached hydrogens (tertiary/aromatic N) is 5. The number of morpholine rings is 1. The fourth-order valence-electron chi connectivity index (χ4n) is 5.59. The second-order valence-electron chi connectivity index (χ2n) is 12.2. The van der Waals surface area contributed by atoms with E-state index < -0.39 is 5.60 Å². The van der Waals surface area contributed by atoms with Gasteiger partial charge in [0.05, 0.1) is 30.4 Å². The summed E-state index contributed by atoms with van der Waals surface area (Å²) in [5.74, 6) is 2.07. The summed E-state index contributed by atoms with van der Waals surface area (Å²) in [7, 11) is 3.67. The van der Waals surface area contributed by atoms with Gasteiger partial charge in [-0.25, -0.2) is 9.97 Å². The predicted octanol–water partition coefficient (Wildman–Crippen LogP) is 5.26. The summed E-state index contributed by atoms with van der Waals surface area (Å²) in [6, 6.07) is 6.49. The van der Waals surface area contributed by atoms with Crippen LogP contribution >= 0.6 is 0 Å². The van der Waals surface area contributed by atoms with Crippen molar-refractivity contribution in [2.24, 2.45) is 5.92 Å². The molecule has 1 atom stereocenters. The molecule has 1 saturated heterocycles. The second kappa shape index (κ2) is 13.0. The molecule has 2 fully saturated rings. The van der Waals surface area contributed by atoms with Gasteiger partial charge in [-0.15, -0.1) is 0 Å². The van der Waals surface area contributed by atoms with Crippen LogP contribution in [0.4, 0.5) is 5.82 Å². The molecule has 2 aromatic rings. The van der Waals surface area contributed by atoms with Gasteiger partial charge in [-0.05, 0) is 69.7 Å². The van der Waals surface area contributed by atoms with E-state index in [-0.39, 0.29) is 6.04 Å². The number of aromatic nitrogens is 2. The fourth-order valence-corrected chi connectivity index (χ4v) is 5.59. The van der Waals surface area contributed by atoms with Gasteiger partial charge in [0.15, 0.2) is 5.82 Å². The molecule has 4 rings (SSSR count). The van der Waals surface area contributed by atoms with Crippen molar-refractivity contribution in [3.63, 3.8) is 0 Å². The van der Waals surface area contributed by atoms with E-state index in [0.717, 1.165) is 52.0 Å². The van der Waals surface area contributed by atoms with Crippen LogP contribution < -0.4 is 4.90 Å². The van der Waals surface area contributed by atoms with E-state index in [4.69, 9.17) is 14.7 Å². The highest BCUT2D eigenvalue weighted by Gasteiger charge is 2.35. The minimum Gasteiger partial charge on any atom is -0.389 e. The molecular weight excluding hydrogens is 514 g/mol. The molecule has 1 aliphatic heterocycles. The molecule has 0 radical (unpaired) electrons. The summed E-state index contributed by atoms with van der Waals surface area (Å²) < 4.78 is 5.96. The van der Waals surface area contributed by atoms with Crippen molar-refractivity contribution in [3.8, 4) is 0 Å². The van der Waals surface area contributed by atoms with Gasteiger partial charge in [0.25, 0.3) is 0 Å². The number of carbonyl (C=O) groups is 1. The third kappa shape index (κ3) is 7.63. The molecule has 0 bridgehead atoms. The molecule has 2 heterocycles. The van der Waals surface area contributed by atoms with E-state index in [1.165, 1.54) is 24.2 Å². The van der Waals surface area contributed by atoms with Gasteiger partial charge in [-0.3, -0.25) is 4.79 Å². The highest BCUT2D eigenvalue weighted by atomic mass is 16.5. The minimum atomic E-state index is -0.846. The highest BCUT2D eigenvalue weighted by molar-refractivity contribution is 5.94. The molecule has 1 aliphatic carbocycles. The molecule has 1 aromatic carbocycles. The summed E-state index contributed by atoms with van der Waals surface area (Å²) in [6.07, 6.45) is 12.1. The van der Waals surface area contributed by atoms with Crippen LogP contribution in [0.25, 0.3) is 22.0 Å². The second-order valence-corrected chi connectivity index (χ2v) is 12.2. The number of aliphatic hydroxyl groups is 1. The Morgan fingerprint density at radius 3 is 2.56 bits per heavy atom. The summed E-state index contributed by atoms with van der Waals surface area (Å²) >= 11 is 0. The van der Waals surface area contributed by atoms with Crippen LogP contribution in [0.2, 0.25) is 0 Å². The monoisotopic (exact) mass is 559 g/mol. The Balaban J connectivity index is 1.90. The Kier molecular flexibility index (Phi) is 9.66. The first-order chi connectivity index (χ1) is 19.5. The minimum absolute atomic E-state index is 0.259. The van der Waals surface area contributed by atoms with Gasteiger partial charge < -0.3 is 24.5 Å². The molecule has 8 heteroatoms. The number of amides is 1. The molecular formula is C33H45N5O3.